The summed E-state index contributed by atoms with van der Waals surface area (Å²) >= 11 is 1.86. The molecule has 9 aromatic rings. The van der Waals surface area contributed by atoms with Crippen LogP contribution in [-0.2, 0) is 5.41 Å². The standard InChI is InChI=1S/C54H33N3S/c55-34-35-22-24-37(25-23-35)42-16-11-19-46-52(42)43-31-30-41(32-47(43)54(46)44-17-7-9-20-50(44)58-51-21-10-8-18-45(51)54)36-26-28-39(29-27-36)49-33-48(38-12-3-1-4-13-38)56-53(57-49)40-14-5-2-6-15-40/h1-33H. The smallest absolute Gasteiger partial charge is 0.160 e. The maximum Gasteiger partial charge on any atom is 0.160 e. The average Bonchev–Trinajstić information content (AvgIpc) is 3.59. The largest absolute Gasteiger partial charge is 0.228 e. The number of hydrogen-bond acceptors (Lipinski definition) is 4. The lowest BCUT2D eigenvalue weighted by molar-refractivity contribution is 0.723. The fraction of sp³-hybridized carbons (Fsp3) is 0.0185. The van der Waals surface area contributed by atoms with Gasteiger partial charge < -0.3 is 0 Å². The lowest BCUT2D eigenvalue weighted by Crippen LogP contribution is -2.32. The summed E-state index contributed by atoms with van der Waals surface area (Å²) < 4.78 is 0. The number of nitriles is 1. The molecule has 58 heavy (non-hydrogen) atoms. The lowest BCUT2D eigenvalue weighted by atomic mass is 9.67. The van der Waals surface area contributed by atoms with Crippen molar-refractivity contribution in [2.24, 2.45) is 0 Å². The quantitative estimate of drug-likeness (QED) is 0.175. The van der Waals surface area contributed by atoms with Gasteiger partial charge in [0.05, 0.1) is 28.4 Å². The van der Waals surface area contributed by atoms with Crippen molar-refractivity contribution in [1.29, 1.82) is 5.26 Å². The zero-order valence-corrected chi connectivity index (χ0v) is 32.1. The van der Waals surface area contributed by atoms with E-state index in [1.807, 2.05) is 60.3 Å². The van der Waals surface area contributed by atoms with Crippen LogP contribution in [-0.4, -0.2) is 9.97 Å². The Hall–Kier alpha value is -7.32. The molecule has 0 bridgehead atoms. The molecule has 3 nitrogen and oxygen atoms in total. The van der Waals surface area contributed by atoms with Crippen LogP contribution in [0.5, 0.6) is 0 Å². The zero-order valence-electron chi connectivity index (χ0n) is 31.3. The van der Waals surface area contributed by atoms with Crippen molar-refractivity contribution < 1.29 is 0 Å². The third kappa shape index (κ3) is 5.36. The molecular weight excluding hydrogens is 723 g/mol. The second kappa shape index (κ2) is 13.7. The van der Waals surface area contributed by atoms with E-state index in [0.29, 0.717) is 11.4 Å². The van der Waals surface area contributed by atoms with Crippen LogP contribution < -0.4 is 0 Å². The van der Waals surface area contributed by atoms with E-state index in [2.05, 4.69) is 158 Å². The van der Waals surface area contributed by atoms with Crippen LogP contribution in [0.4, 0.5) is 0 Å². The van der Waals surface area contributed by atoms with Gasteiger partial charge >= 0.3 is 0 Å². The minimum atomic E-state index is -0.524. The Balaban J connectivity index is 1.08. The number of hydrogen-bond donors (Lipinski definition) is 0. The van der Waals surface area contributed by atoms with Crippen LogP contribution in [0.1, 0.15) is 27.8 Å². The van der Waals surface area contributed by atoms with E-state index in [4.69, 9.17) is 9.97 Å². The highest BCUT2D eigenvalue weighted by molar-refractivity contribution is 7.99. The molecule has 8 aromatic carbocycles. The van der Waals surface area contributed by atoms with Gasteiger partial charge in [0.2, 0.25) is 0 Å². The highest BCUT2D eigenvalue weighted by atomic mass is 32.2. The monoisotopic (exact) mass is 755 g/mol. The van der Waals surface area contributed by atoms with Gasteiger partial charge in [-0.2, -0.15) is 5.26 Å². The molecule has 0 N–H and O–H groups in total. The molecule has 0 amide bonds. The number of fused-ring (bicyclic) bond motifs is 9. The van der Waals surface area contributed by atoms with Crippen LogP contribution >= 0.6 is 11.8 Å². The van der Waals surface area contributed by atoms with Crippen molar-refractivity contribution in [1.82, 2.24) is 9.97 Å². The van der Waals surface area contributed by atoms with Crippen LogP contribution in [0.15, 0.2) is 210 Å². The minimum absolute atomic E-state index is 0.524. The van der Waals surface area contributed by atoms with Gasteiger partial charge in [0.25, 0.3) is 0 Å². The number of aromatic nitrogens is 2. The van der Waals surface area contributed by atoms with Crippen molar-refractivity contribution in [3.8, 4) is 73.4 Å². The van der Waals surface area contributed by atoms with Gasteiger partial charge in [0.15, 0.2) is 5.82 Å². The Morgan fingerprint density at radius 3 is 1.59 bits per heavy atom. The average molecular weight is 756 g/mol. The first-order valence-corrected chi connectivity index (χ1v) is 20.3. The Labute approximate surface area is 342 Å². The van der Waals surface area contributed by atoms with Crippen LogP contribution in [0.3, 0.4) is 0 Å². The molecule has 4 heteroatoms. The summed E-state index contributed by atoms with van der Waals surface area (Å²) in [6.07, 6.45) is 0. The first kappa shape index (κ1) is 34.0. The van der Waals surface area contributed by atoms with E-state index < -0.39 is 5.41 Å². The second-order valence-electron chi connectivity index (χ2n) is 14.8. The Bertz CT molecular complexity index is 2970. The van der Waals surface area contributed by atoms with Gasteiger partial charge in [-0.3, -0.25) is 0 Å². The lowest BCUT2D eigenvalue weighted by Gasteiger charge is -2.39. The zero-order chi connectivity index (χ0) is 38.6. The van der Waals surface area contributed by atoms with E-state index in [1.54, 1.807) is 0 Å². The SMILES string of the molecule is N#Cc1ccc(-c2cccc3c2-c2ccc(-c4ccc(-c5cc(-c6ccccc6)nc(-c6ccccc6)n5)cc4)cc2C32c3ccccc3Sc3ccccc32)cc1. The fourth-order valence-electron chi connectivity index (χ4n) is 8.99. The summed E-state index contributed by atoms with van der Waals surface area (Å²) in [5, 5.41) is 9.58. The molecule has 0 radical (unpaired) electrons. The maximum atomic E-state index is 9.58. The summed E-state index contributed by atoms with van der Waals surface area (Å²) in [5.74, 6) is 0.705. The predicted molar refractivity (Wildman–Crippen MR) is 235 cm³/mol. The van der Waals surface area contributed by atoms with Gasteiger partial charge in [-0.05, 0) is 92.0 Å². The van der Waals surface area contributed by atoms with Gasteiger partial charge in [-0.25, -0.2) is 9.97 Å². The van der Waals surface area contributed by atoms with Crippen molar-refractivity contribution in [3.05, 3.63) is 228 Å². The first-order chi connectivity index (χ1) is 28.7. The molecule has 2 aliphatic rings. The Kier molecular flexibility index (Phi) is 8.03. The third-order valence-electron chi connectivity index (χ3n) is 11.6. The predicted octanol–water partition coefficient (Wildman–Crippen LogP) is 13.5. The maximum absolute atomic E-state index is 9.58. The molecule has 2 heterocycles. The van der Waals surface area contributed by atoms with E-state index in [1.165, 1.54) is 48.7 Å². The van der Waals surface area contributed by atoms with Gasteiger partial charge in [-0.1, -0.05) is 176 Å². The van der Waals surface area contributed by atoms with Gasteiger partial charge in [-0.15, -0.1) is 0 Å². The first-order valence-electron chi connectivity index (χ1n) is 19.5. The van der Waals surface area contributed by atoms with Gasteiger partial charge in [0, 0.05) is 26.5 Å². The van der Waals surface area contributed by atoms with Crippen molar-refractivity contribution in [3.63, 3.8) is 0 Å². The van der Waals surface area contributed by atoms with E-state index >= 15 is 0 Å². The molecule has 0 unspecified atom stereocenters. The number of benzene rings is 8. The van der Waals surface area contributed by atoms with Crippen LogP contribution in [0.2, 0.25) is 0 Å². The van der Waals surface area contributed by atoms with Gasteiger partial charge in [0.1, 0.15) is 0 Å². The van der Waals surface area contributed by atoms with E-state index in [0.717, 1.165) is 44.8 Å². The van der Waals surface area contributed by atoms with Crippen LogP contribution in [0.25, 0.3) is 67.3 Å². The molecule has 0 saturated heterocycles. The highest BCUT2D eigenvalue weighted by Gasteiger charge is 2.50. The van der Waals surface area contributed by atoms with Crippen molar-refractivity contribution in [2.45, 2.75) is 15.2 Å². The molecule has 270 valence electrons. The molecule has 0 atom stereocenters. The summed E-state index contributed by atoms with van der Waals surface area (Å²) in [6.45, 7) is 0. The van der Waals surface area contributed by atoms with Crippen molar-refractivity contribution >= 4 is 11.8 Å². The fourth-order valence-corrected chi connectivity index (χ4v) is 10.2. The number of nitrogens with zero attached hydrogens (tertiary/aromatic N) is 3. The summed E-state index contributed by atoms with van der Waals surface area (Å²) in [6, 6.07) is 73.3. The molecule has 1 aliphatic carbocycles. The molecule has 11 rings (SSSR count). The van der Waals surface area contributed by atoms with E-state index in [9.17, 15) is 5.26 Å². The van der Waals surface area contributed by atoms with Crippen LogP contribution in [0, 0.1) is 11.3 Å². The Morgan fingerprint density at radius 2 is 0.931 bits per heavy atom. The molecule has 0 saturated carbocycles. The molecule has 1 aromatic heterocycles. The second-order valence-corrected chi connectivity index (χ2v) is 15.9. The molecule has 1 spiro atoms. The number of rotatable bonds is 5. The summed E-state index contributed by atoms with van der Waals surface area (Å²) in [5.41, 5.74) is 17.2. The summed E-state index contributed by atoms with van der Waals surface area (Å²) in [7, 11) is 0. The van der Waals surface area contributed by atoms with E-state index in [-0.39, 0.29) is 0 Å². The highest BCUT2D eigenvalue weighted by Crippen LogP contribution is 2.63. The normalized spacial score (nSPS) is 12.9. The van der Waals surface area contributed by atoms with Crippen molar-refractivity contribution in [2.75, 3.05) is 0 Å². The topological polar surface area (TPSA) is 49.6 Å². The summed E-state index contributed by atoms with van der Waals surface area (Å²) in [4.78, 5) is 12.6. The molecule has 1 aliphatic heterocycles. The third-order valence-corrected chi connectivity index (χ3v) is 12.8. The minimum Gasteiger partial charge on any atom is -0.228 e. The Morgan fingerprint density at radius 1 is 0.397 bits per heavy atom. The molecular formula is C54H33N3S. The molecule has 0 fully saturated rings.